The van der Waals surface area contributed by atoms with E-state index in [-0.39, 0.29) is 0 Å². The summed E-state index contributed by atoms with van der Waals surface area (Å²) in [5.74, 6) is -3.65. The maximum absolute atomic E-state index is 9.10. The summed E-state index contributed by atoms with van der Waals surface area (Å²) < 4.78 is 2.39. The average Bonchev–Trinajstić information content (AvgIpc) is 3.32. The Morgan fingerprint density at radius 3 is 2.23 bits per heavy atom. The van der Waals surface area contributed by atoms with E-state index in [2.05, 4.69) is 57.8 Å². The van der Waals surface area contributed by atoms with E-state index in [1.54, 1.807) is 11.3 Å². The first kappa shape index (κ1) is 17.6. The van der Waals surface area contributed by atoms with E-state index in [1.807, 2.05) is 6.07 Å². The summed E-state index contributed by atoms with van der Waals surface area (Å²) in [6.45, 7) is 1.81. The lowest BCUT2D eigenvalue weighted by atomic mass is 10.1. The Morgan fingerprint density at radius 1 is 0.923 bits per heavy atom. The van der Waals surface area contributed by atoms with Gasteiger partial charge in [0.05, 0.1) is 18.0 Å². The van der Waals surface area contributed by atoms with Crippen molar-refractivity contribution in [3.8, 4) is 11.3 Å². The number of rotatable bonds is 2. The zero-order valence-corrected chi connectivity index (χ0v) is 14.5. The SMILES string of the molecule is O=C(O)C(=O)O.c1ccc(C2=NCCn3c2ccc3-c2ccsc2)cc1. The molecule has 132 valence electrons. The van der Waals surface area contributed by atoms with Gasteiger partial charge in [0.15, 0.2) is 0 Å². The standard InChI is InChI=1S/C17H14N2S.C2H2O4/c1-2-4-13(5-3-1)17-16-7-6-15(14-8-11-20-12-14)19(16)10-9-18-17;3-1(4)2(5)6/h1-8,11-12H,9-10H2;(H,3,4)(H,5,6). The van der Waals surface area contributed by atoms with Crippen LogP contribution >= 0.6 is 11.3 Å². The summed E-state index contributed by atoms with van der Waals surface area (Å²) in [5.41, 5.74) is 6.13. The molecule has 3 aromatic rings. The number of aliphatic imine (C=N–C) groups is 1. The molecule has 0 aliphatic carbocycles. The maximum atomic E-state index is 9.10. The first-order valence-electron chi connectivity index (χ1n) is 7.86. The summed E-state index contributed by atoms with van der Waals surface area (Å²) in [6, 6.07) is 17.0. The van der Waals surface area contributed by atoms with Crippen LogP contribution in [0.1, 0.15) is 11.3 Å². The zero-order chi connectivity index (χ0) is 18.5. The largest absolute Gasteiger partial charge is 0.473 e. The van der Waals surface area contributed by atoms with Crippen molar-refractivity contribution in [2.24, 2.45) is 4.99 Å². The van der Waals surface area contributed by atoms with Gasteiger partial charge in [0, 0.05) is 28.7 Å². The second-order valence-electron chi connectivity index (χ2n) is 5.47. The quantitative estimate of drug-likeness (QED) is 0.680. The molecule has 0 bridgehead atoms. The third kappa shape index (κ3) is 3.73. The van der Waals surface area contributed by atoms with Crippen LogP contribution in [0.2, 0.25) is 0 Å². The molecule has 4 rings (SSSR count). The number of benzene rings is 1. The molecule has 1 aliphatic rings. The van der Waals surface area contributed by atoms with Gasteiger partial charge in [0.2, 0.25) is 0 Å². The number of hydrogen-bond donors (Lipinski definition) is 2. The summed E-state index contributed by atoms with van der Waals surface area (Å²) in [6.07, 6.45) is 0. The highest BCUT2D eigenvalue weighted by molar-refractivity contribution is 7.08. The van der Waals surface area contributed by atoms with Crippen LogP contribution in [0.5, 0.6) is 0 Å². The summed E-state index contributed by atoms with van der Waals surface area (Å²) in [5, 5.41) is 19.1. The molecule has 0 radical (unpaired) electrons. The number of carboxylic acids is 2. The van der Waals surface area contributed by atoms with Crippen molar-refractivity contribution in [2.45, 2.75) is 6.54 Å². The predicted octanol–water partition coefficient (Wildman–Crippen LogP) is 3.22. The van der Waals surface area contributed by atoms with Crippen LogP contribution in [0, 0.1) is 0 Å². The number of aromatic nitrogens is 1. The molecule has 3 heterocycles. The van der Waals surface area contributed by atoms with Crippen LogP contribution < -0.4 is 0 Å². The van der Waals surface area contributed by atoms with Crippen LogP contribution in [0.25, 0.3) is 11.3 Å². The first-order chi connectivity index (χ1) is 12.6. The Kier molecular flexibility index (Phi) is 5.28. The smallest absolute Gasteiger partial charge is 0.414 e. The van der Waals surface area contributed by atoms with Crippen LogP contribution in [0.15, 0.2) is 64.3 Å². The highest BCUT2D eigenvalue weighted by Gasteiger charge is 2.18. The third-order valence-electron chi connectivity index (χ3n) is 3.86. The topological polar surface area (TPSA) is 91.9 Å². The van der Waals surface area contributed by atoms with Crippen molar-refractivity contribution >= 4 is 29.0 Å². The number of thiophene rings is 1. The van der Waals surface area contributed by atoms with Gasteiger partial charge in [-0.3, -0.25) is 4.99 Å². The molecule has 2 N–H and O–H groups in total. The van der Waals surface area contributed by atoms with Crippen LogP contribution in [-0.4, -0.2) is 39.0 Å². The van der Waals surface area contributed by atoms with Crippen LogP contribution in [0.3, 0.4) is 0 Å². The molecule has 0 fully saturated rings. The van der Waals surface area contributed by atoms with Gasteiger partial charge in [-0.2, -0.15) is 11.3 Å². The fourth-order valence-electron chi connectivity index (χ4n) is 2.76. The van der Waals surface area contributed by atoms with E-state index >= 15 is 0 Å². The Hall–Kier alpha value is -3.19. The Labute approximate surface area is 153 Å². The van der Waals surface area contributed by atoms with Crippen molar-refractivity contribution in [2.75, 3.05) is 6.54 Å². The van der Waals surface area contributed by atoms with E-state index in [4.69, 9.17) is 24.8 Å². The van der Waals surface area contributed by atoms with E-state index in [9.17, 15) is 0 Å². The molecule has 0 unspecified atom stereocenters. The first-order valence-corrected chi connectivity index (χ1v) is 8.81. The molecular formula is C19H16N2O4S. The molecule has 0 amide bonds. The highest BCUT2D eigenvalue weighted by atomic mass is 32.1. The average molecular weight is 368 g/mol. The number of fused-ring (bicyclic) bond motifs is 1. The maximum Gasteiger partial charge on any atom is 0.414 e. The third-order valence-corrected chi connectivity index (χ3v) is 4.55. The lowest BCUT2D eigenvalue weighted by Crippen LogP contribution is -2.19. The van der Waals surface area contributed by atoms with Gasteiger partial charge in [-0.1, -0.05) is 30.3 Å². The van der Waals surface area contributed by atoms with Crippen LogP contribution in [0.4, 0.5) is 0 Å². The molecule has 1 aromatic carbocycles. The Balaban J connectivity index is 0.000000286. The molecule has 0 atom stereocenters. The number of aliphatic carboxylic acids is 2. The normalized spacial score (nSPS) is 12.4. The molecule has 0 saturated heterocycles. The number of carboxylic acid groups (broad SMARTS) is 2. The summed E-state index contributed by atoms with van der Waals surface area (Å²) in [4.78, 5) is 22.9. The van der Waals surface area contributed by atoms with E-state index in [0.717, 1.165) is 18.8 Å². The van der Waals surface area contributed by atoms with Gasteiger partial charge in [-0.25, -0.2) is 9.59 Å². The minimum atomic E-state index is -1.82. The second-order valence-corrected chi connectivity index (χ2v) is 6.25. The lowest BCUT2D eigenvalue weighted by Gasteiger charge is -2.18. The minimum absolute atomic E-state index is 0.850. The van der Waals surface area contributed by atoms with Crippen molar-refractivity contribution in [3.05, 3.63) is 70.5 Å². The second kappa shape index (κ2) is 7.79. The minimum Gasteiger partial charge on any atom is -0.473 e. The van der Waals surface area contributed by atoms with E-state index in [1.165, 1.54) is 22.5 Å². The van der Waals surface area contributed by atoms with Gasteiger partial charge in [-0.05, 0) is 23.6 Å². The van der Waals surface area contributed by atoms with Gasteiger partial charge in [-0.15, -0.1) is 0 Å². The lowest BCUT2D eigenvalue weighted by molar-refractivity contribution is -0.159. The molecule has 6 nitrogen and oxygen atoms in total. The van der Waals surface area contributed by atoms with Gasteiger partial charge < -0.3 is 14.8 Å². The fourth-order valence-corrected chi connectivity index (χ4v) is 3.41. The molecule has 0 spiro atoms. The molecule has 0 saturated carbocycles. The van der Waals surface area contributed by atoms with Gasteiger partial charge >= 0.3 is 11.9 Å². The molecular weight excluding hydrogens is 352 g/mol. The van der Waals surface area contributed by atoms with Crippen molar-refractivity contribution in [1.82, 2.24) is 4.57 Å². The zero-order valence-electron chi connectivity index (χ0n) is 13.7. The predicted molar refractivity (Wildman–Crippen MR) is 100.0 cm³/mol. The Bertz CT molecular complexity index is 931. The molecule has 26 heavy (non-hydrogen) atoms. The number of carbonyl (C=O) groups is 2. The molecule has 2 aromatic heterocycles. The monoisotopic (exact) mass is 368 g/mol. The van der Waals surface area contributed by atoms with Crippen molar-refractivity contribution in [1.29, 1.82) is 0 Å². The summed E-state index contributed by atoms with van der Waals surface area (Å²) in [7, 11) is 0. The number of nitrogens with zero attached hydrogens (tertiary/aromatic N) is 2. The van der Waals surface area contributed by atoms with Gasteiger partial charge in [0.1, 0.15) is 0 Å². The number of hydrogen-bond acceptors (Lipinski definition) is 4. The van der Waals surface area contributed by atoms with Crippen molar-refractivity contribution < 1.29 is 19.8 Å². The van der Waals surface area contributed by atoms with Crippen molar-refractivity contribution in [3.63, 3.8) is 0 Å². The van der Waals surface area contributed by atoms with E-state index < -0.39 is 11.9 Å². The van der Waals surface area contributed by atoms with Gasteiger partial charge in [0.25, 0.3) is 0 Å². The molecule has 1 aliphatic heterocycles. The van der Waals surface area contributed by atoms with E-state index in [0.29, 0.717) is 0 Å². The van der Waals surface area contributed by atoms with Crippen LogP contribution in [-0.2, 0) is 16.1 Å². The fraction of sp³-hybridized carbons (Fsp3) is 0.105. The Morgan fingerprint density at radius 2 is 1.62 bits per heavy atom. The highest BCUT2D eigenvalue weighted by Crippen LogP contribution is 2.27. The molecule has 7 heteroatoms. The summed E-state index contributed by atoms with van der Waals surface area (Å²) >= 11 is 1.74.